The Balaban J connectivity index is 1.47. The molecule has 2 aromatic heterocycles. The van der Waals surface area contributed by atoms with Gasteiger partial charge in [0.25, 0.3) is 5.91 Å². The number of amides is 1. The normalized spacial score (nSPS) is 10.9. The highest BCUT2D eigenvalue weighted by molar-refractivity contribution is 5.95. The monoisotopic (exact) mass is 374 g/mol. The largest absolute Gasteiger partial charge is 0.494 e. The fourth-order valence-electron chi connectivity index (χ4n) is 3.46. The second kappa shape index (κ2) is 7.60. The average molecular weight is 374 g/mol. The number of nitrogens with zero attached hydrogens (tertiary/aromatic N) is 3. The van der Waals surface area contributed by atoms with Crippen molar-refractivity contribution in [3.05, 3.63) is 78.2 Å². The van der Waals surface area contributed by atoms with Crippen LogP contribution in [0.2, 0.25) is 0 Å². The van der Waals surface area contributed by atoms with Crippen LogP contribution >= 0.6 is 0 Å². The van der Waals surface area contributed by atoms with Crippen molar-refractivity contribution >= 4 is 16.8 Å². The first-order valence-electron chi connectivity index (χ1n) is 9.16. The third-order valence-electron chi connectivity index (χ3n) is 4.85. The second-order valence-corrected chi connectivity index (χ2v) is 6.63. The number of ether oxygens (including phenoxy) is 1. The van der Waals surface area contributed by atoms with Gasteiger partial charge in [0.15, 0.2) is 0 Å². The van der Waals surface area contributed by atoms with E-state index in [-0.39, 0.29) is 5.91 Å². The zero-order valence-electron chi connectivity index (χ0n) is 15.9. The summed E-state index contributed by atoms with van der Waals surface area (Å²) in [5, 5.41) is 8.47. The van der Waals surface area contributed by atoms with Crippen LogP contribution in [0, 0.1) is 0 Å². The molecule has 0 spiro atoms. The molecule has 1 amide bonds. The highest BCUT2D eigenvalue weighted by Crippen LogP contribution is 2.24. The Morgan fingerprint density at radius 3 is 2.82 bits per heavy atom. The summed E-state index contributed by atoms with van der Waals surface area (Å²) in [6, 6.07) is 15.5. The molecule has 4 aromatic rings. The first-order valence-corrected chi connectivity index (χ1v) is 9.16. The molecule has 28 heavy (non-hydrogen) atoms. The molecule has 0 radical (unpaired) electrons. The zero-order valence-corrected chi connectivity index (χ0v) is 15.9. The van der Waals surface area contributed by atoms with Crippen molar-refractivity contribution in [3.8, 4) is 11.4 Å². The van der Waals surface area contributed by atoms with Crippen LogP contribution in [0.4, 0.5) is 0 Å². The number of carbonyl (C=O) groups excluding carboxylic acids is 1. The second-order valence-electron chi connectivity index (χ2n) is 6.63. The fraction of sp³-hybridized carbons (Fsp3) is 0.182. The van der Waals surface area contributed by atoms with E-state index < -0.39 is 0 Å². The van der Waals surface area contributed by atoms with Gasteiger partial charge in [-0.3, -0.25) is 4.79 Å². The Hall–Kier alpha value is -3.54. The van der Waals surface area contributed by atoms with Gasteiger partial charge in [0.2, 0.25) is 0 Å². The van der Waals surface area contributed by atoms with Crippen molar-refractivity contribution in [3.63, 3.8) is 0 Å². The minimum absolute atomic E-state index is 0.115. The van der Waals surface area contributed by atoms with Crippen LogP contribution in [0.3, 0.4) is 0 Å². The van der Waals surface area contributed by atoms with Gasteiger partial charge in [-0.15, -0.1) is 0 Å². The third kappa shape index (κ3) is 3.36. The predicted octanol–water partition coefficient (Wildman–Crippen LogP) is 3.35. The lowest BCUT2D eigenvalue weighted by molar-refractivity contribution is 0.0954. The molecule has 4 rings (SSSR count). The molecule has 142 valence electrons. The minimum Gasteiger partial charge on any atom is -0.494 e. The van der Waals surface area contributed by atoms with Gasteiger partial charge in [-0.05, 0) is 42.3 Å². The number of para-hydroxylation sites is 1. The van der Waals surface area contributed by atoms with Crippen molar-refractivity contribution < 1.29 is 9.53 Å². The number of hydrogen-bond donors (Lipinski definition) is 1. The molecular formula is C22H22N4O2. The van der Waals surface area contributed by atoms with Crippen molar-refractivity contribution in [2.45, 2.75) is 6.42 Å². The summed E-state index contributed by atoms with van der Waals surface area (Å²) in [6.07, 6.45) is 6.41. The number of aryl methyl sites for hydroxylation is 1. The average Bonchev–Trinajstić information content (AvgIpc) is 3.36. The molecule has 0 bridgehead atoms. The Morgan fingerprint density at radius 2 is 2.04 bits per heavy atom. The topological polar surface area (TPSA) is 61.1 Å². The molecule has 0 fully saturated rings. The van der Waals surface area contributed by atoms with Gasteiger partial charge in [-0.2, -0.15) is 5.10 Å². The van der Waals surface area contributed by atoms with E-state index in [9.17, 15) is 4.79 Å². The van der Waals surface area contributed by atoms with Gasteiger partial charge in [-0.25, -0.2) is 4.68 Å². The van der Waals surface area contributed by atoms with E-state index in [1.165, 1.54) is 16.5 Å². The zero-order chi connectivity index (χ0) is 19.5. The van der Waals surface area contributed by atoms with E-state index in [1.807, 2.05) is 31.4 Å². The predicted molar refractivity (Wildman–Crippen MR) is 109 cm³/mol. The molecule has 2 heterocycles. The van der Waals surface area contributed by atoms with E-state index >= 15 is 0 Å². The molecule has 0 aliphatic rings. The van der Waals surface area contributed by atoms with Crippen LogP contribution in [0.15, 0.2) is 67.1 Å². The standard InChI is InChI=1S/C22H22N4O2/c1-25-15-17(18-6-3-4-7-19(18)25)10-12-23-22(27)16-8-9-21(28-2)20(14-16)26-13-5-11-24-26/h3-9,11,13-15H,10,12H2,1-2H3,(H,23,27). The molecule has 6 nitrogen and oxygen atoms in total. The molecule has 0 aliphatic carbocycles. The smallest absolute Gasteiger partial charge is 0.251 e. The summed E-state index contributed by atoms with van der Waals surface area (Å²) < 4.78 is 9.19. The van der Waals surface area contributed by atoms with Gasteiger partial charge in [0.05, 0.1) is 7.11 Å². The number of nitrogens with one attached hydrogen (secondary N) is 1. The molecule has 0 saturated carbocycles. The van der Waals surface area contributed by atoms with Crippen LogP contribution in [-0.2, 0) is 13.5 Å². The van der Waals surface area contributed by atoms with E-state index in [0.29, 0.717) is 17.9 Å². The summed E-state index contributed by atoms with van der Waals surface area (Å²) in [5.74, 6) is 0.548. The summed E-state index contributed by atoms with van der Waals surface area (Å²) in [7, 11) is 3.64. The number of aromatic nitrogens is 3. The highest BCUT2D eigenvalue weighted by Gasteiger charge is 2.12. The number of carbonyl (C=O) groups is 1. The summed E-state index contributed by atoms with van der Waals surface area (Å²) >= 11 is 0. The van der Waals surface area contributed by atoms with Crippen molar-refractivity contribution in [1.29, 1.82) is 0 Å². The summed E-state index contributed by atoms with van der Waals surface area (Å²) in [5.41, 5.74) is 3.73. The number of fused-ring (bicyclic) bond motifs is 1. The molecule has 1 N–H and O–H groups in total. The molecule has 6 heteroatoms. The first kappa shape index (κ1) is 17.9. The van der Waals surface area contributed by atoms with Gasteiger partial charge in [-0.1, -0.05) is 18.2 Å². The Bertz CT molecular complexity index is 1110. The molecule has 0 atom stereocenters. The van der Waals surface area contributed by atoms with Crippen LogP contribution < -0.4 is 10.1 Å². The van der Waals surface area contributed by atoms with Gasteiger partial charge in [0, 0.05) is 48.6 Å². The van der Waals surface area contributed by atoms with E-state index in [0.717, 1.165) is 12.1 Å². The molecular weight excluding hydrogens is 352 g/mol. The fourth-order valence-corrected chi connectivity index (χ4v) is 3.46. The Labute approximate surface area is 163 Å². The lowest BCUT2D eigenvalue weighted by Crippen LogP contribution is -2.25. The lowest BCUT2D eigenvalue weighted by atomic mass is 10.1. The summed E-state index contributed by atoms with van der Waals surface area (Å²) in [6.45, 7) is 0.565. The maximum absolute atomic E-state index is 12.6. The van der Waals surface area contributed by atoms with Gasteiger partial charge in [0.1, 0.15) is 11.4 Å². The van der Waals surface area contributed by atoms with Crippen LogP contribution in [0.1, 0.15) is 15.9 Å². The molecule has 2 aromatic carbocycles. The SMILES string of the molecule is COc1ccc(C(=O)NCCc2cn(C)c3ccccc23)cc1-n1cccn1. The van der Waals surface area contributed by atoms with Crippen LogP contribution in [0.5, 0.6) is 5.75 Å². The number of methoxy groups -OCH3 is 1. The van der Waals surface area contributed by atoms with Crippen molar-refractivity contribution in [2.24, 2.45) is 7.05 Å². The molecule has 0 aliphatic heterocycles. The number of rotatable bonds is 6. The van der Waals surface area contributed by atoms with Crippen LogP contribution in [-0.4, -0.2) is 33.9 Å². The van der Waals surface area contributed by atoms with E-state index in [1.54, 1.807) is 36.2 Å². The third-order valence-corrected chi connectivity index (χ3v) is 4.85. The Kier molecular flexibility index (Phi) is 4.85. The van der Waals surface area contributed by atoms with Gasteiger partial charge >= 0.3 is 0 Å². The number of benzene rings is 2. The number of hydrogen-bond acceptors (Lipinski definition) is 3. The minimum atomic E-state index is -0.115. The molecule has 0 saturated heterocycles. The summed E-state index contributed by atoms with van der Waals surface area (Å²) in [4.78, 5) is 12.6. The van der Waals surface area contributed by atoms with Crippen molar-refractivity contribution in [2.75, 3.05) is 13.7 Å². The quantitative estimate of drug-likeness (QED) is 0.563. The maximum atomic E-state index is 12.6. The lowest BCUT2D eigenvalue weighted by Gasteiger charge is -2.11. The molecule has 0 unspecified atom stereocenters. The first-order chi connectivity index (χ1) is 13.7. The van der Waals surface area contributed by atoms with E-state index in [4.69, 9.17) is 4.74 Å². The van der Waals surface area contributed by atoms with E-state index in [2.05, 4.69) is 33.3 Å². The highest BCUT2D eigenvalue weighted by atomic mass is 16.5. The van der Waals surface area contributed by atoms with Crippen LogP contribution in [0.25, 0.3) is 16.6 Å². The Morgan fingerprint density at radius 1 is 1.18 bits per heavy atom. The maximum Gasteiger partial charge on any atom is 0.251 e. The van der Waals surface area contributed by atoms with Crippen molar-refractivity contribution in [1.82, 2.24) is 19.7 Å². The van der Waals surface area contributed by atoms with Gasteiger partial charge < -0.3 is 14.6 Å².